The second kappa shape index (κ2) is 9.79. The first-order chi connectivity index (χ1) is 12.5. The third-order valence-corrected chi connectivity index (χ3v) is 4.70. The van der Waals surface area contributed by atoms with Gasteiger partial charge in [-0.15, -0.1) is 0 Å². The topological polar surface area (TPSA) is 105 Å². The van der Waals surface area contributed by atoms with Gasteiger partial charge in [0.2, 0.25) is 11.8 Å². The van der Waals surface area contributed by atoms with Gasteiger partial charge in [-0.1, -0.05) is 37.8 Å². The molecule has 26 heavy (non-hydrogen) atoms. The fraction of sp³-hybridized carbons (Fsp3) is 0.526. The van der Waals surface area contributed by atoms with Crippen LogP contribution in [0.4, 0.5) is 0 Å². The van der Waals surface area contributed by atoms with Gasteiger partial charge >= 0.3 is 5.97 Å². The molecule has 1 aromatic carbocycles. The molecule has 1 atom stereocenters. The first-order valence-electron chi connectivity index (χ1n) is 8.92. The van der Waals surface area contributed by atoms with E-state index in [0.29, 0.717) is 23.7 Å². The molecule has 0 radical (unpaired) electrons. The van der Waals surface area contributed by atoms with Crippen molar-refractivity contribution in [3.05, 3.63) is 29.8 Å². The zero-order valence-electron chi connectivity index (χ0n) is 15.0. The maximum atomic E-state index is 12.0. The van der Waals surface area contributed by atoms with Gasteiger partial charge in [0, 0.05) is 6.42 Å². The zero-order valence-corrected chi connectivity index (χ0v) is 15.0. The van der Waals surface area contributed by atoms with Crippen LogP contribution in [0.5, 0.6) is 5.75 Å². The Kier molecular flexibility index (Phi) is 7.44. The van der Waals surface area contributed by atoms with Crippen LogP contribution in [0.15, 0.2) is 24.3 Å². The number of rotatable bonds is 9. The fourth-order valence-corrected chi connectivity index (χ4v) is 3.20. The summed E-state index contributed by atoms with van der Waals surface area (Å²) in [5, 5.41) is 14.3. The van der Waals surface area contributed by atoms with Gasteiger partial charge < -0.3 is 20.5 Å². The number of aliphatic carboxylic acids is 1. The summed E-state index contributed by atoms with van der Waals surface area (Å²) in [6.45, 7) is -0.233. The predicted molar refractivity (Wildman–Crippen MR) is 95.7 cm³/mol. The number of benzene rings is 1. The highest BCUT2D eigenvalue weighted by atomic mass is 16.5. The second-order valence-corrected chi connectivity index (χ2v) is 6.58. The summed E-state index contributed by atoms with van der Waals surface area (Å²) in [6, 6.07) is 5.24. The van der Waals surface area contributed by atoms with Crippen molar-refractivity contribution in [3.63, 3.8) is 0 Å². The summed E-state index contributed by atoms with van der Waals surface area (Å²) < 4.78 is 5.03. The molecule has 2 rings (SSSR count). The van der Waals surface area contributed by atoms with E-state index in [9.17, 15) is 19.5 Å². The molecule has 1 fully saturated rings. The van der Waals surface area contributed by atoms with Crippen molar-refractivity contribution in [3.8, 4) is 5.75 Å². The molecule has 0 heterocycles. The van der Waals surface area contributed by atoms with E-state index < -0.39 is 17.9 Å². The van der Waals surface area contributed by atoms with Crippen molar-refractivity contribution in [2.45, 2.75) is 44.6 Å². The van der Waals surface area contributed by atoms with E-state index >= 15 is 0 Å². The fourth-order valence-electron chi connectivity index (χ4n) is 3.20. The molecule has 1 unspecified atom stereocenters. The van der Waals surface area contributed by atoms with Crippen molar-refractivity contribution in [1.82, 2.24) is 10.6 Å². The molecule has 1 aromatic rings. The zero-order chi connectivity index (χ0) is 18.9. The van der Waals surface area contributed by atoms with Crippen LogP contribution >= 0.6 is 0 Å². The second-order valence-electron chi connectivity index (χ2n) is 6.58. The van der Waals surface area contributed by atoms with Gasteiger partial charge in [0.25, 0.3) is 0 Å². The van der Waals surface area contributed by atoms with Crippen molar-refractivity contribution in [1.29, 1.82) is 0 Å². The Balaban J connectivity index is 1.79. The molecule has 0 aromatic heterocycles. The van der Waals surface area contributed by atoms with Crippen LogP contribution in [0.1, 0.15) is 50.1 Å². The van der Waals surface area contributed by atoms with Crippen LogP contribution in [0.2, 0.25) is 0 Å². The largest absolute Gasteiger partial charge is 0.497 e. The predicted octanol–water partition coefficient (Wildman–Crippen LogP) is 2.02. The lowest BCUT2D eigenvalue weighted by Gasteiger charge is -2.16. The first kappa shape index (κ1) is 19.8. The molecule has 0 saturated heterocycles. The Morgan fingerprint density at radius 3 is 2.38 bits per heavy atom. The minimum atomic E-state index is -1.18. The Hall–Kier alpha value is -2.57. The number of methoxy groups -OCH3 is 1. The van der Waals surface area contributed by atoms with Gasteiger partial charge in [-0.05, 0) is 30.0 Å². The van der Waals surface area contributed by atoms with Crippen LogP contribution in [-0.4, -0.2) is 36.5 Å². The first-order valence-corrected chi connectivity index (χ1v) is 8.92. The number of carboxylic acids is 1. The maximum absolute atomic E-state index is 12.0. The smallest absolute Gasteiger partial charge is 0.330 e. The SMILES string of the molecule is COc1ccc(C(NC(=O)CNC(=O)CCC2CCCC2)C(=O)O)cc1. The average Bonchev–Trinajstić information content (AvgIpc) is 3.16. The molecule has 7 heteroatoms. The molecular weight excluding hydrogens is 336 g/mol. The van der Waals surface area contributed by atoms with E-state index in [1.54, 1.807) is 24.3 Å². The molecule has 0 aliphatic heterocycles. The van der Waals surface area contributed by atoms with Crippen molar-refractivity contribution >= 4 is 17.8 Å². The minimum absolute atomic E-state index is 0.177. The van der Waals surface area contributed by atoms with Crippen molar-refractivity contribution < 1.29 is 24.2 Å². The Morgan fingerprint density at radius 1 is 1.15 bits per heavy atom. The van der Waals surface area contributed by atoms with Gasteiger partial charge in [-0.3, -0.25) is 9.59 Å². The number of nitrogens with one attached hydrogen (secondary N) is 2. The molecule has 3 N–H and O–H groups in total. The quantitative estimate of drug-likeness (QED) is 0.623. The molecule has 142 valence electrons. The van der Waals surface area contributed by atoms with Crippen LogP contribution in [0.25, 0.3) is 0 Å². The monoisotopic (exact) mass is 362 g/mol. The van der Waals surface area contributed by atoms with Crippen LogP contribution in [0, 0.1) is 5.92 Å². The van der Waals surface area contributed by atoms with E-state index in [2.05, 4.69) is 10.6 Å². The van der Waals surface area contributed by atoms with Crippen LogP contribution < -0.4 is 15.4 Å². The van der Waals surface area contributed by atoms with E-state index in [4.69, 9.17) is 4.74 Å². The number of carboxylic acid groups (broad SMARTS) is 1. The third-order valence-electron chi connectivity index (χ3n) is 4.70. The molecule has 0 bridgehead atoms. The van der Waals surface area contributed by atoms with Crippen LogP contribution in [-0.2, 0) is 14.4 Å². The van der Waals surface area contributed by atoms with E-state index in [1.807, 2.05) is 0 Å². The normalized spacial score (nSPS) is 15.3. The number of ether oxygens (including phenoxy) is 1. The molecule has 0 spiro atoms. The van der Waals surface area contributed by atoms with E-state index in [0.717, 1.165) is 6.42 Å². The lowest BCUT2D eigenvalue weighted by molar-refractivity contribution is -0.141. The van der Waals surface area contributed by atoms with E-state index in [1.165, 1.54) is 32.8 Å². The Morgan fingerprint density at radius 2 is 1.81 bits per heavy atom. The lowest BCUT2D eigenvalue weighted by Crippen LogP contribution is -2.41. The number of carbonyl (C=O) groups excluding carboxylic acids is 2. The molecule has 1 aliphatic carbocycles. The van der Waals surface area contributed by atoms with Gasteiger partial charge in [0.05, 0.1) is 13.7 Å². The Labute approximate surface area is 153 Å². The molecule has 1 saturated carbocycles. The molecular formula is C19H26N2O5. The minimum Gasteiger partial charge on any atom is -0.497 e. The van der Waals surface area contributed by atoms with E-state index in [-0.39, 0.29) is 12.5 Å². The van der Waals surface area contributed by atoms with Gasteiger partial charge in [0.1, 0.15) is 5.75 Å². The van der Waals surface area contributed by atoms with Gasteiger partial charge in [-0.25, -0.2) is 4.79 Å². The highest BCUT2D eigenvalue weighted by Gasteiger charge is 2.22. The molecule has 7 nitrogen and oxygen atoms in total. The third kappa shape index (κ3) is 6.06. The molecule has 2 amide bonds. The average molecular weight is 362 g/mol. The summed E-state index contributed by atoms with van der Waals surface area (Å²) in [7, 11) is 1.51. The van der Waals surface area contributed by atoms with Gasteiger partial charge in [-0.2, -0.15) is 0 Å². The molecule has 1 aliphatic rings. The Bertz CT molecular complexity index is 623. The summed E-state index contributed by atoms with van der Waals surface area (Å²) in [5.41, 5.74) is 0.430. The van der Waals surface area contributed by atoms with Crippen LogP contribution in [0.3, 0.4) is 0 Å². The standard InChI is InChI=1S/C19H26N2O5/c1-26-15-9-7-14(8-10-15)18(19(24)25)21-17(23)12-20-16(22)11-6-13-4-2-3-5-13/h7-10,13,18H,2-6,11-12H2,1H3,(H,20,22)(H,21,23)(H,24,25). The summed E-state index contributed by atoms with van der Waals surface area (Å²) in [6.07, 6.45) is 6.06. The highest BCUT2D eigenvalue weighted by Crippen LogP contribution is 2.28. The summed E-state index contributed by atoms with van der Waals surface area (Å²) >= 11 is 0. The lowest BCUT2D eigenvalue weighted by atomic mass is 10.0. The maximum Gasteiger partial charge on any atom is 0.330 e. The number of hydrogen-bond donors (Lipinski definition) is 3. The van der Waals surface area contributed by atoms with Crippen molar-refractivity contribution in [2.24, 2.45) is 5.92 Å². The number of carbonyl (C=O) groups is 3. The van der Waals surface area contributed by atoms with Crippen molar-refractivity contribution in [2.75, 3.05) is 13.7 Å². The summed E-state index contributed by atoms with van der Waals surface area (Å²) in [5.74, 6) is -0.679. The highest BCUT2D eigenvalue weighted by molar-refractivity contribution is 5.88. The summed E-state index contributed by atoms with van der Waals surface area (Å²) in [4.78, 5) is 35.3. The number of hydrogen-bond acceptors (Lipinski definition) is 4. The number of amides is 2. The van der Waals surface area contributed by atoms with Gasteiger partial charge in [0.15, 0.2) is 6.04 Å².